The first-order chi connectivity index (χ1) is 13.3. The van der Waals surface area contributed by atoms with Crippen LogP contribution in [0.15, 0.2) is 47.4 Å². The van der Waals surface area contributed by atoms with E-state index >= 15 is 0 Å². The second kappa shape index (κ2) is 7.53. The van der Waals surface area contributed by atoms with Crippen molar-refractivity contribution in [2.75, 3.05) is 5.73 Å². The largest absolute Gasteiger partial charge is 0.478 e. The third-order valence-corrected chi connectivity index (χ3v) is 4.43. The second-order valence-electron chi connectivity index (χ2n) is 5.87. The highest BCUT2D eigenvalue weighted by Crippen LogP contribution is 2.30. The number of nitrogens with one attached hydrogen (secondary N) is 1. The van der Waals surface area contributed by atoms with Gasteiger partial charge in [0, 0.05) is 23.2 Å². The van der Waals surface area contributed by atoms with Crippen molar-refractivity contribution in [3.63, 3.8) is 0 Å². The number of benzene rings is 1. The van der Waals surface area contributed by atoms with Gasteiger partial charge in [0.2, 0.25) is 0 Å². The number of nitrogen functional groups attached to an aromatic ring is 1. The minimum atomic E-state index is -1.55. The van der Waals surface area contributed by atoms with Crippen molar-refractivity contribution in [3.05, 3.63) is 69.6 Å². The molecule has 0 amide bonds. The topological polar surface area (TPSA) is 146 Å². The lowest BCUT2D eigenvalue weighted by molar-refractivity contribution is 0.0695. The number of rotatable bonds is 5. The molecule has 3 aromatic rings. The highest BCUT2D eigenvalue weighted by atomic mass is 35.5. The molecule has 2 aromatic heterocycles. The summed E-state index contributed by atoms with van der Waals surface area (Å²) in [7, 11) is 0. The average Bonchev–Trinajstić information content (AvgIpc) is 2.67. The van der Waals surface area contributed by atoms with Crippen LogP contribution in [0.1, 0.15) is 26.3 Å². The van der Waals surface area contributed by atoms with Crippen molar-refractivity contribution in [2.24, 2.45) is 0 Å². The zero-order valence-corrected chi connectivity index (χ0v) is 15.0. The summed E-state index contributed by atoms with van der Waals surface area (Å²) in [5.41, 5.74) is 5.69. The summed E-state index contributed by atoms with van der Waals surface area (Å²) < 4.78 is 0. The zero-order chi connectivity index (χ0) is 20.4. The van der Waals surface area contributed by atoms with Crippen molar-refractivity contribution in [3.8, 4) is 22.4 Å². The number of carboxylic acid groups (broad SMARTS) is 2. The summed E-state index contributed by atoms with van der Waals surface area (Å²) in [5.74, 6) is -3.08. The van der Waals surface area contributed by atoms with Crippen LogP contribution in [0.2, 0.25) is 0 Å². The Kier molecular flexibility index (Phi) is 5.14. The number of hydrogen-bond acceptors (Lipinski definition) is 5. The first-order valence-corrected chi connectivity index (χ1v) is 8.51. The molecule has 2 heterocycles. The van der Waals surface area contributed by atoms with Crippen LogP contribution >= 0.6 is 11.6 Å². The van der Waals surface area contributed by atoms with E-state index in [4.69, 9.17) is 17.3 Å². The summed E-state index contributed by atoms with van der Waals surface area (Å²) in [6.07, 6.45) is 1.64. The molecule has 0 saturated heterocycles. The molecule has 5 N–H and O–H groups in total. The molecule has 0 atom stereocenters. The molecular formula is C19H14ClN3O5. The average molecular weight is 400 g/mol. The van der Waals surface area contributed by atoms with E-state index < -0.39 is 34.4 Å². The minimum absolute atomic E-state index is 0.230. The van der Waals surface area contributed by atoms with Gasteiger partial charge in [0.1, 0.15) is 16.9 Å². The lowest BCUT2D eigenvalue weighted by Gasteiger charge is -2.12. The highest BCUT2D eigenvalue weighted by Gasteiger charge is 2.26. The maximum atomic E-state index is 12.1. The molecule has 0 unspecified atom stereocenters. The molecule has 0 aliphatic carbocycles. The zero-order valence-electron chi connectivity index (χ0n) is 14.3. The van der Waals surface area contributed by atoms with Gasteiger partial charge in [0.05, 0.1) is 5.69 Å². The maximum Gasteiger partial charge on any atom is 0.342 e. The number of aromatic carboxylic acids is 2. The van der Waals surface area contributed by atoms with Crippen molar-refractivity contribution in [2.45, 2.75) is 5.88 Å². The van der Waals surface area contributed by atoms with Crippen LogP contribution in [0.5, 0.6) is 0 Å². The molecule has 0 bridgehead atoms. The Morgan fingerprint density at radius 2 is 1.61 bits per heavy atom. The maximum absolute atomic E-state index is 12.1. The van der Waals surface area contributed by atoms with E-state index in [0.717, 1.165) is 11.1 Å². The van der Waals surface area contributed by atoms with Gasteiger partial charge in [-0.3, -0.25) is 9.78 Å². The first kappa shape index (κ1) is 19.1. The quantitative estimate of drug-likeness (QED) is 0.482. The van der Waals surface area contributed by atoms with Crippen LogP contribution in [0.4, 0.5) is 5.82 Å². The number of hydrogen-bond donors (Lipinski definition) is 4. The molecular weight excluding hydrogens is 386 g/mol. The third kappa shape index (κ3) is 3.45. The molecule has 9 heteroatoms. The Hall–Kier alpha value is -3.65. The molecule has 0 spiro atoms. The fraction of sp³-hybridized carbons (Fsp3) is 0.0526. The third-order valence-electron chi connectivity index (χ3n) is 4.12. The van der Waals surface area contributed by atoms with Gasteiger partial charge in [-0.25, -0.2) is 9.59 Å². The fourth-order valence-corrected chi connectivity index (χ4v) is 2.98. The van der Waals surface area contributed by atoms with Crippen molar-refractivity contribution >= 4 is 29.4 Å². The van der Waals surface area contributed by atoms with Gasteiger partial charge in [-0.1, -0.05) is 30.3 Å². The number of alkyl halides is 1. The van der Waals surface area contributed by atoms with Crippen molar-refractivity contribution in [1.29, 1.82) is 0 Å². The number of H-pyrrole nitrogens is 1. The molecule has 142 valence electrons. The Morgan fingerprint density at radius 1 is 1.00 bits per heavy atom. The van der Waals surface area contributed by atoms with E-state index in [-0.39, 0.29) is 11.1 Å². The molecule has 0 fully saturated rings. The van der Waals surface area contributed by atoms with Gasteiger partial charge in [-0.2, -0.15) is 0 Å². The number of carboxylic acids is 2. The van der Waals surface area contributed by atoms with E-state index in [2.05, 4.69) is 9.97 Å². The van der Waals surface area contributed by atoms with Crippen molar-refractivity contribution < 1.29 is 19.8 Å². The number of aromatic amines is 1. The molecule has 1 aromatic carbocycles. The molecule has 28 heavy (non-hydrogen) atoms. The fourth-order valence-electron chi connectivity index (χ4n) is 2.82. The van der Waals surface area contributed by atoms with Crippen LogP contribution in [-0.2, 0) is 5.88 Å². The molecule has 0 saturated carbocycles. The van der Waals surface area contributed by atoms with Crippen LogP contribution in [0.25, 0.3) is 22.4 Å². The number of nitrogens with two attached hydrogens (primary N) is 1. The number of carbonyl (C=O) groups is 2. The standard InChI is InChI=1S/C19H14ClN3O5/c20-7-9-1-6-12(22-8-9)10-2-4-11(5-3-10)13-14(18(25)26)16(21)23-17(24)15(13)19(27)28/h1-6,8H,7H2,(H,25,26)(H,27,28)(H3,21,23,24). The normalized spacial score (nSPS) is 10.6. The van der Waals surface area contributed by atoms with E-state index in [1.165, 1.54) is 12.1 Å². The predicted molar refractivity (Wildman–Crippen MR) is 104 cm³/mol. The summed E-state index contributed by atoms with van der Waals surface area (Å²) >= 11 is 5.75. The van der Waals surface area contributed by atoms with Gasteiger partial charge >= 0.3 is 11.9 Å². The predicted octanol–water partition coefficient (Wildman–Crippen LogP) is 2.82. The lowest BCUT2D eigenvalue weighted by Crippen LogP contribution is -2.24. The van der Waals surface area contributed by atoms with Crippen LogP contribution in [0, 0.1) is 0 Å². The van der Waals surface area contributed by atoms with E-state index in [1.54, 1.807) is 24.4 Å². The van der Waals surface area contributed by atoms with E-state index in [9.17, 15) is 24.6 Å². The van der Waals surface area contributed by atoms with Gasteiger partial charge < -0.3 is 20.9 Å². The second-order valence-corrected chi connectivity index (χ2v) is 6.13. The first-order valence-electron chi connectivity index (χ1n) is 7.97. The minimum Gasteiger partial charge on any atom is -0.478 e. The van der Waals surface area contributed by atoms with Gasteiger partial charge in [-0.05, 0) is 17.2 Å². The highest BCUT2D eigenvalue weighted by molar-refractivity contribution is 6.17. The van der Waals surface area contributed by atoms with E-state index in [1.807, 2.05) is 6.07 Å². The van der Waals surface area contributed by atoms with E-state index in [0.29, 0.717) is 11.6 Å². The molecule has 0 aliphatic heterocycles. The monoisotopic (exact) mass is 399 g/mol. The smallest absolute Gasteiger partial charge is 0.342 e. The number of nitrogens with zero attached hydrogens (tertiary/aromatic N) is 1. The SMILES string of the molecule is Nc1[nH]c(=O)c(C(=O)O)c(-c2ccc(-c3ccc(CCl)cn3)cc2)c1C(=O)O. The lowest BCUT2D eigenvalue weighted by atomic mass is 9.94. The molecule has 0 radical (unpaired) electrons. The molecule has 0 aliphatic rings. The Balaban J connectivity index is 2.17. The number of halogens is 1. The van der Waals surface area contributed by atoms with Crippen LogP contribution in [0.3, 0.4) is 0 Å². The number of aromatic nitrogens is 2. The number of pyridine rings is 2. The Labute approximate surface area is 163 Å². The Morgan fingerprint density at radius 3 is 2.11 bits per heavy atom. The summed E-state index contributed by atoms with van der Waals surface area (Å²) in [6, 6.07) is 9.92. The molecule has 3 rings (SSSR count). The van der Waals surface area contributed by atoms with Gasteiger partial charge in [-0.15, -0.1) is 11.6 Å². The summed E-state index contributed by atoms with van der Waals surface area (Å²) in [6.45, 7) is 0. The van der Waals surface area contributed by atoms with Gasteiger partial charge in [0.25, 0.3) is 5.56 Å². The Bertz CT molecular complexity index is 1120. The summed E-state index contributed by atoms with van der Waals surface area (Å²) in [4.78, 5) is 41.6. The van der Waals surface area contributed by atoms with Crippen LogP contribution < -0.4 is 11.3 Å². The van der Waals surface area contributed by atoms with Crippen LogP contribution in [-0.4, -0.2) is 32.1 Å². The van der Waals surface area contributed by atoms with Gasteiger partial charge in [0.15, 0.2) is 0 Å². The summed E-state index contributed by atoms with van der Waals surface area (Å²) in [5, 5.41) is 18.9. The molecule has 8 nitrogen and oxygen atoms in total. The number of anilines is 1. The van der Waals surface area contributed by atoms with Crippen molar-refractivity contribution in [1.82, 2.24) is 9.97 Å².